The van der Waals surface area contributed by atoms with Crippen LogP contribution in [0.2, 0.25) is 10.0 Å². The lowest BCUT2D eigenvalue weighted by molar-refractivity contribution is 0.301. The van der Waals surface area contributed by atoms with Gasteiger partial charge in [0.2, 0.25) is 0 Å². The molecule has 15 heavy (non-hydrogen) atoms. The average molecular weight is 249 g/mol. The summed E-state index contributed by atoms with van der Waals surface area (Å²) in [7, 11) is 0. The zero-order valence-electron chi connectivity index (χ0n) is 8.58. The number of aromatic nitrogens is 1. The fourth-order valence-corrected chi connectivity index (χ4v) is 1.85. The van der Waals surface area contributed by atoms with E-state index in [9.17, 15) is 0 Å². The van der Waals surface area contributed by atoms with Crippen molar-refractivity contribution >= 4 is 29.0 Å². The fourth-order valence-electron chi connectivity index (χ4n) is 1.35. The van der Waals surface area contributed by atoms with E-state index >= 15 is 0 Å². The van der Waals surface area contributed by atoms with Crippen LogP contribution in [0, 0.1) is 0 Å². The van der Waals surface area contributed by atoms with Gasteiger partial charge < -0.3 is 10.0 Å². The molecule has 0 saturated carbocycles. The number of anilines is 1. The van der Waals surface area contributed by atoms with Crippen LogP contribution in [-0.2, 0) is 0 Å². The minimum absolute atomic E-state index is 0.0840. The first-order valence-electron chi connectivity index (χ1n) is 4.86. The Kier molecular flexibility index (Phi) is 5.15. The van der Waals surface area contributed by atoms with Gasteiger partial charge in [-0.2, -0.15) is 0 Å². The van der Waals surface area contributed by atoms with Crippen molar-refractivity contribution in [1.82, 2.24) is 4.98 Å². The summed E-state index contributed by atoms with van der Waals surface area (Å²) in [6.07, 6.45) is 2.53. The molecule has 1 aromatic rings. The Morgan fingerprint density at radius 3 is 2.67 bits per heavy atom. The standard InChI is InChI=1S/C10H14Cl2N2O/c1-2-3-14(4-5-15)10-9(12)6-8(11)7-13-10/h6-7,15H,2-5H2,1H3. The van der Waals surface area contributed by atoms with Crippen LogP contribution < -0.4 is 4.90 Å². The van der Waals surface area contributed by atoms with Crippen molar-refractivity contribution in [3.8, 4) is 0 Å². The minimum Gasteiger partial charge on any atom is -0.395 e. The lowest BCUT2D eigenvalue weighted by atomic mass is 10.3. The number of nitrogens with zero attached hydrogens (tertiary/aromatic N) is 2. The topological polar surface area (TPSA) is 36.4 Å². The van der Waals surface area contributed by atoms with Gasteiger partial charge in [-0.05, 0) is 12.5 Å². The van der Waals surface area contributed by atoms with Crippen molar-refractivity contribution < 1.29 is 5.11 Å². The molecule has 5 heteroatoms. The Morgan fingerprint density at radius 1 is 1.40 bits per heavy atom. The molecule has 0 unspecified atom stereocenters. The summed E-state index contributed by atoms with van der Waals surface area (Å²) in [5.74, 6) is 0.678. The molecule has 1 rings (SSSR count). The second-order valence-corrected chi connectivity index (χ2v) is 4.01. The summed E-state index contributed by atoms with van der Waals surface area (Å²) in [5.41, 5.74) is 0. The Morgan fingerprint density at radius 2 is 2.13 bits per heavy atom. The van der Waals surface area contributed by atoms with Crippen molar-refractivity contribution in [3.05, 3.63) is 22.3 Å². The van der Waals surface area contributed by atoms with Gasteiger partial charge in [0.15, 0.2) is 0 Å². The number of aliphatic hydroxyl groups excluding tert-OH is 1. The molecule has 0 saturated heterocycles. The first-order chi connectivity index (χ1) is 7.19. The predicted octanol–water partition coefficient (Wildman–Crippen LogP) is 2.60. The largest absolute Gasteiger partial charge is 0.395 e. The highest BCUT2D eigenvalue weighted by Crippen LogP contribution is 2.25. The molecule has 1 aromatic heterocycles. The molecule has 0 spiro atoms. The van der Waals surface area contributed by atoms with Crippen LogP contribution in [0.1, 0.15) is 13.3 Å². The Hall–Kier alpha value is -0.510. The van der Waals surface area contributed by atoms with E-state index in [1.54, 1.807) is 12.3 Å². The third kappa shape index (κ3) is 3.52. The summed E-state index contributed by atoms with van der Waals surface area (Å²) in [6, 6.07) is 1.66. The average Bonchev–Trinajstić information content (AvgIpc) is 2.17. The monoisotopic (exact) mass is 248 g/mol. The molecule has 0 aliphatic heterocycles. The van der Waals surface area contributed by atoms with Gasteiger partial charge >= 0.3 is 0 Å². The van der Waals surface area contributed by atoms with Gasteiger partial charge in [-0.25, -0.2) is 4.98 Å². The fraction of sp³-hybridized carbons (Fsp3) is 0.500. The summed E-state index contributed by atoms with van der Waals surface area (Å²) in [5, 5.41) is 9.97. The molecule has 0 bridgehead atoms. The van der Waals surface area contributed by atoms with E-state index in [1.807, 2.05) is 4.90 Å². The molecule has 1 heterocycles. The quantitative estimate of drug-likeness (QED) is 0.871. The van der Waals surface area contributed by atoms with Crippen molar-refractivity contribution in [3.63, 3.8) is 0 Å². The number of aliphatic hydroxyl groups is 1. The molecule has 0 atom stereocenters. The second kappa shape index (κ2) is 6.16. The molecule has 0 radical (unpaired) electrons. The second-order valence-electron chi connectivity index (χ2n) is 3.17. The van der Waals surface area contributed by atoms with Gasteiger partial charge in [-0.15, -0.1) is 0 Å². The third-order valence-electron chi connectivity index (χ3n) is 1.95. The van der Waals surface area contributed by atoms with Gasteiger partial charge in [0.1, 0.15) is 5.82 Å². The van der Waals surface area contributed by atoms with E-state index in [0.29, 0.717) is 22.4 Å². The number of rotatable bonds is 5. The molecule has 0 aliphatic rings. The van der Waals surface area contributed by atoms with E-state index in [0.717, 1.165) is 13.0 Å². The molecule has 1 N–H and O–H groups in total. The lowest BCUT2D eigenvalue weighted by Gasteiger charge is -2.22. The number of pyridine rings is 1. The van der Waals surface area contributed by atoms with Crippen LogP contribution in [0.3, 0.4) is 0 Å². The summed E-state index contributed by atoms with van der Waals surface area (Å²) in [6.45, 7) is 3.49. The Bertz CT molecular complexity index is 314. The smallest absolute Gasteiger partial charge is 0.147 e. The number of hydrogen-bond donors (Lipinski definition) is 1. The van der Waals surface area contributed by atoms with E-state index in [1.165, 1.54) is 0 Å². The maximum Gasteiger partial charge on any atom is 0.147 e. The minimum atomic E-state index is 0.0840. The van der Waals surface area contributed by atoms with Gasteiger partial charge in [0.05, 0.1) is 16.7 Å². The summed E-state index contributed by atoms with van der Waals surface area (Å²) < 4.78 is 0. The molecule has 84 valence electrons. The van der Waals surface area contributed by atoms with E-state index < -0.39 is 0 Å². The molecule has 0 aliphatic carbocycles. The highest BCUT2D eigenvalue weighted by molar-refractivity contribution is 6.35. The predicted molar refractivity (Wildman–Crippen MR) is 63.8 cm³/mol. The SMILES string of the molecule is CCCN(CCO)c1ncc(Cl)cc1Cl. The van der Waals surface area contributed by atoms with Gasteiger partial charge in [0.25, 0.3) is 0 Å². The van der Waals surface area contributed by atoms with Crippen LogP contribution in [-0.4, -0.2) is 29.8 Å². The van der Waals surface area contributed by atoms with Crippen molar-refractivity contribution in [1.29, 1.82) is 0 Å². The molecule has 0 amide bonds. The third-order valence-corrected chi connectivity index (χ3v) is 2.44. The van der Waals surface area contributed by atoms with Crippen LogP contribution in [0.4, 0.5) is 5.82 Å². The van der Waals surface area contributed by atoms with Crippen molar-refractivity contribution in [2.45, 2.75) is 13.3 Å². The van der Waals surface area contributed by atoms with E-state index in [2.05, 4.69) is 11.9 Å². The van der Waals surface area contributed by atoms with Crippen LogP contribution in [0.25, 0.3) is 0 Å². The molecule has 0 aromatic carbocycles. The first kappa shape index (κ1) is 12.6. The molecule has 3 nitrogen and oxygen atoms in total. The highest BCUT2D eigenvalue weighted by Gasteiger charge is 2.10. The van der Waals surface area contributed by atoms with Gasteiger partial charge in [-0.1, -0.05) is 30.1 Å². The normalized spacial score (nSPS) is 10.4. The highest BCUT2D eigenvalue weighted by atomic mass is 35.5. The summed E-state index contributed by atoms with van der Waals surface area (Å²) >= 11 is 11.8. The van der Waals surface area contributed by atoms with Crippen molar-refractivity contribution in [2.24, 2.45) is 0 Å². The van der Waals surface area contributed by atoms with E-state index in [4.69, 9.17) is 28.3 Å². The van der Waals surface area contributed by atoms with Gasteiger partial charge in [0, 0.05) is 19.3 Å². The maximum atomic E-state index is 8.93. The van der Waals surface area contributed by atoms with Crippen LogP contribution in [0.5, 0.6) is 0 Å². The zero-order chi connectivity index (χ0) is 11.3. The maximum absolute atomic E-state index is 8.93. The Balaban J connectivity index is 2.89. The Labute approximate surface area is 99.6 Å². The zero-order valence-corrected chi connectivity index (χ0v) is 10.1. The molecular formula is C10H14Cl2N2O. The summed E-state index contributed by atoms with van der Waals surface area (Å²) in [4.78, 5) is 6.11. The first-order valence-corrected chi connectivity index (χ1v) is 5.61. The molecular weight excluding hydrogens is 235 g/mol. The van der Waals surface area contributed by atoms with E-state index in [-0.39, 0.29) is 6.61 Å². The lowest BCUT2D eigenvalue weighted by Crippen LogP contribution is -2.28. The van der Waals surface area contributed by atoms with Crippen LogP contribution in [0.15, 0.2) is 12.3 Å². The molecule has 0 fully saturated rings. The van der Waals surface area contributed by atoms with Gasteiger partial charge in [-0.3, -0.25) is 0 Å². The van der Waals surface area contributed by atoms with Crippen molar-refractivity contribution in [2.75, 3.05) is 24.6 Å². The van der Waals surface area contributed by atoms with Crippen LogP contribution >= 0.6 is 23.2 Å². The number of hydrogen-bond acceptors (Lipinski definition) is 3. The number of halogens is 2.